The normalized spacial score (nSPS) is 28.2. The summed E-state index contributed by atoms with van der Waals surface area (Å²) in [6.45, 7) is 8.00. The van der Waals surface area contributed by atoms with Gasteiger partial charge in [0.1, 0.15) is 0 Å². The van der Waals surface area contributed by atoms with E-state index in [0.29, 0.717) is 6.54 Å². The molecule has 0 aromatic heterocycles. The quantitative estimate of drug-likeness (QED) is 0.728. The standard InChI is InChI=1S/C10H18N2O2/c1-5-10(4)6-11-9(14)12(7(2)3)8(10)13/h7H,5-6H2,1-4H3,(H,11,14)/t10-/m0/s1. The Bertz CT molecular complexity index is 263. The number of nitrogens with one attached hydrogen (secondary N) is 1. The van der Waals surface area contributed by atoms with E-state index in [2.05, 4.69) is 5.32 Å². The Balaban J connectivity index is 2.94. The molecule has 0 radical (unpaired) electrons. The lowest BCUT2D eigenvalue weighted by Gasteiger charge is -2.39. The number of hydrogen-bond acceptors (Lipinski definition) is 2. The molecule has 0 aliphatic carbocycles. The summed E-state index contributed by atoms with van der Waals surface area (Å²) < 4.78 is 0. The molecule has 4 heteroatoms. The average Bonchev–Trinajstić information content (AvgIpc) is 2.12. The molecule has 1 rings (SSSR count). The van der Waals surface area contributed by atoms with E-state index >= 15 is 0 Å². The van der Waals surface area contributed by atoms with Crippen molar-refractivity contribution in [3.05, 3.63) is 0 Å². The Labute approximate surface area is 84.7 Å². The smallest absolute Gasteiger partial charge is 0.324 e. The number of imide groups is 1. The lowest BCUT2D eigenvalue weighted by molar-refractivity contribution is -0.141. The number of hydrogen-bond donors (Lipinski definition) is 1. The highest BCUT2D eigenvalue weighted by Crippen LogP contribution is 2.27. The van der Waals surface area contributed by atoms with Gasteiger partial charge in [-0.3, -0.25) is 9.69 Å². The Kier molecular flexibility index (Phi) is 2.83. The molecule has 1 N–H and O–H groups in total. The summed E-state index contributed by atoms with van der Waals surface area (Å²) in [7, 11) is 0. The predicted molar refractivity (Wildman–Crippen MR) is 53.8 cm³/mol. The van der Waals surface area contributed by atoms with E-state index in [0.717, 1.165) is 6.42 Å². The van der Waals surface area contributed by atoms with Crippen LogP contribution in [-0.2, 0) is 4.79 Å². The molecular weight excluding hydrogens is 180 g/mol. The fourth-order valence-electron chi connectivity index (χ4n) is 1.56. The first-order valence-electron chi connectivity index (χ1n) is 5.04. The van der Waals surface area contributed by atoms with Gasteiger partial charge in [0.15, 0.2) is 0 Å². The van der Waals surface area contributed by atoms with Crippen molar-refractivity contribution in [1.29, 1.82) is 0 Å². The van der Waals surface area contributed by atoms with Crippen molar-refractivity contribution in [2.24, 2.45) is 5.41 Å². The number of amides is 3. The molecule has 4 nitrogen and oxygen atoms in total. The lowest BCUT2D eigenvalue weighted by atomic mass is 9.84. The van der Waals surface area contributed by atoms with E-state index in [4.69, 9.17) is 0 Å². The van der Waals surface area contributed by atoms with Gasteiger partial charge in [0, 0.05) is 12.6 Å². The molecule has 80 valence electrons. The van der Waals surface area contributed by atoms with Crippen LogP contribution in [0.2, 0.25) is 0 Å². The topological polar surface area (TPSA) is 49.4 Å². The molecule has 1 atom stereocenters. The van der Waals surface area contributed by atoms with E-state index < -0.39 is 5.41 Å². The Morgan fingerprint density at radius 2 is 2.07 bits per heavy atom. The molecule has 1 saturated heterocycles. The molecule has 14 heavy (non-hydrogen) atoms. The third-order valence-corrected chi connectivity index (χ3v) is 2.88. The van der Waals surface area contributed by atoms with Crippen molar-refractivity contribution < 1.29 is 9.59 Å². The van der Waals surface area contributed by atoms with E-state index in [9.17, 15) is 9.59 Å². The molecule has 1 fully saturated rings. The Morgan fingerprint density at radius 3 is 2.50 bits per heavy atom. The van der Waals surface area contributed by atoms with Gasteiger partial charge in [-0.25, -0.2) is 4.79 Å². The van der Waals surface area contributed by atoms with Crippen molar-refractivity contribution in [2.45, 2.75) is 40.2 Å². The van der Waals surface area contributed by atoms with Gasteiger partial charge in [-0.1, -0.05) is 6.92 Å². The average molecular weight is 198 g/mol. The zero-order chi connectivity index (χ0) is 10.9. The fraction of sp³-hybridized carbons (Fsp3) is 0.800. The zero-order valence-corrected chi connectivity index (χ0v) is 9.26. The first kappa shape index (κ1) is 11.0. The SMILES string of the molecule is CC[C@@]1(C)CNC(=O)N(C(C)C)C1=O. The summed E-state index contributed by atoms with van der Waals surface area (Å²) in [5, 5.41) is 2.75. The van der Waals surface area contributed by atoms with Gasteiger partial charge >= 0.3 is 6.03 Å². The molecule has 1 heterocycles. The number of rotatable bonds is 2. The lowest BCUT2D eigenvalue weighted by Crippen LogP contribution is -2.61. The second-order valence-electron chi connectivity index (χ2n) is 4.34. The van der Waals surface area contributed by atoms with Gasteiger partial charge in [-0.15, -0.1) is 0 Å². The summed E-state index contributed by atoms with van der Waals surface area (Å²) in [4.78, 5) is 24.8. The summed E-state index contributed by atoms with van der Waals surface area (Å²) in [6, 6.07) is -0.343. The minimum Gasteiger partial charge on any atom is -0.337 e. The van der Waals surface area contributed by atoms with Crippen LogP contribution in [0, 0.1) is 5.41 Å². The van der Waals surface area contributed by atoms with Crippen LogP contribution in [-0.4, -0.2) is 29.4 Å². The van der Waals surface area contributed by atoms with E-state index in [1.165, 1.54) is 4.90 Å². The Hall–Kier alpha value is -1.06. The molecule has 0 bridgehead atoms. The van der Waals surface area contributed by atoms with E-state index in [1.807, 2.05) is 27.7 Å². The molecule has 0 saturated carbocycles. The highest BCUT2D eigenvalue weighted by atomic mass is 16.2. The largest absolute Gasteiger partial charge is 0.337 e. The van der Waals surface area contributed by atoms with Crippen LogP contribution in [0.25, 0.3) is 0 Å². The van der Waals surface area contributed by atoms with Crippen LogP contribution < -0.4 is 5.32 Å². The summed E-state index contributed by atoms with van der Waals surface area (Å²) >= 11 is 0. The summed E-state index contributed by atoms with van der Waals surface area (Å²) in [5.74, 6) is -0.0567. The maximum Gasteiger partial charge on any atom is 0.324 e. The first-order chi connectivity index (χ1) is 6.42. The van der Waals surface area contributed by atoms with Crippen molar-refractivity contribution >= 4 is 11.9 Å². The molecule has 0 aromatic rings. The minimum atomic E-state index is -0.432. The van der Waals surface area contributed by atoms with Crippen molar-refractivity contribution in [1.82, 2.24) is 10.2 Å². The van der Waals surface area contributed by atoms with Gasteiger partial charge in [0.2, 0.25) is 5.91 Å². The second-order valence-corrected chi connectivity index (χ2v) is 4.34. The molecule has 0 spiro atoms. The first-order valence-corrected chi connectivity index (χ1v) is 5.04. The third-order valence-electron chi connectivity index (χ3n) is 2.88. The molecular formula is C10H18N2O2. The van der Waals surface area contributed by atoms with Gasteiger partial charge < -0.3 is 5.32 Å². The molecule has 0 unspecified atom stereocenters. The van der Waals surface area contributed by atoms with Crippen LogP contribution in [0.5, 0.6) is 0 Å². The van der Waals surface area contributed by atoms with Gasteiger partial charge in [0.25, 0.3) is 0 Å². The maximum atomic E-state index is 12.0. The fourth-order valence-corrected chi connectivity index (χ4v) is 1.56. The van der Waals surface area contributed by atoms with Gasteiger partial charge in [0.05, 0.1) is 5.41 Å². The monoisotopic (exact) mass is 198 g/mol. The minimum absolute atomic E-state index is 0.0567. The van der Waals surface area contributed by atoms with E-state index in [-0.39, 0.29) is 18.0 Å². The van der Waals surface area contributed by atoms with Crippen LogP contribution in [0.15, 0.2) is 0 Å². The van der Waals surface area contributed by atoms with Crippen LogP contribution in [0.3, 0.4) is 0 Å². The second kappa shape index (κ2) is 3.59. The van der Waals surface area contributed by atoms with Gasteiger partial charge in [-0.2, -0.15) is 0 Å². The van der Waals surface area contributed by atoms with E-state index in [1.54, 1.807) is 0 Å². The highest BCUT2D eigenvalue weighted by Gasteiger charge is 2.43. The van der Waals surface area contributed by atoms with Gasteiger partial charge in [-0.05, 0) is 27.2 Å². The van der Waals surface area contributed by atoms with Crippen LogP contribution in [0.1, 0.15) is 34.1 Å². The predicted octanol–water partition coefficient (Wildman–Crippen LogP) is 1.36. The molecule has 1 aliphatic heterocycles. The maximum absolute atomic E-state index is 12.0. The summed E-state index contributed by atoms with van der Waals surface area (Å²) in [5.41, 5.74) is -0.432. The molecule has 3 amide bonds. The molecule has 0 aromatic carbocycles. The number of carbonyl (C=O) groups is 2. The number of urea groups is 1. The summed E-state index contributed by atoms with van der Waals surface area (Å²) in [6.07, 6.45) is 0.745. The van der Waals surface area contributed by atoms with Crippen LogP contribution >= 0.6 is 0 Å². The third kappa shape index (κ3) is 1.61. The Morgan fingerprint density at radius 1 is 1.50 bits per heavy atom. The van der Waals surface area contributed by atoms with Crippen LogP contribution in [0.4, 0.5) is 4.79 Å². The number of nitrogens with zero attached hydrogens (tertiary/aromatic N) is 1. The number of carbonyl (C=O) groups excluding carboxylic acids is 2. The van der Waals surface area contributed by atoms with Crippen molar-refractivity contribution in [3.63, 3.8) is 0 Å². The van der Waals surface area contributed by atoms with Crippen molar-refractivity contribution in [2.75, 3.05) is 6.54 Å². The molecule has 1 aliphatic rings. The zero-order valence-electron chi connectivity index (χ0n) is 9.26. The highest BCUT2D eigenvalue weighted by molar-refractivity contribution is 6.00. The van der Waals surface area contributed by atoms with Crippen molar-refractivity contribution in [3.8, 4) is 0 Å².